The Morgan fingerprint density at radius 3 is 2.62 bits per heavy atom. The largest absolute Gasteiger partial charge is 0.322 e. The Labute approximate surface area is 168 Å². The van der Waals surface area contributed by atoms with Crippen molar-refractivity contribution in [3.63, 3.8) is 0 Å². The number of hydrogen-bond donors (Lipinski definition) is 0. The van der Waals surface area contributed by atoms with Gasteiger partial charge in [-0.2, -0.15) is 0 Å². The van der Waals surface area contributed by atoms with Crippen molar-refractivity contribution in [1.29, 1.82) is 0 Å². The van der Waals surface area contributed by atoms with Crippen LogP contribution in [0, 0.1) is 5.82 Å². The fraction of sp³-hybridized carbons (Fsp3) is 0.300. The molecular weight excluding hydrogens is 419 g/mol. The van der Waals surface area contributed by atoms with Gasteiger partial charge in [-0.3, -0.25) is 9.79 Å². The fourth-order valence-corrected chi connectivity index (χ4v) is 3.11. The summed E-state index contributed by atoms with van der Waals surface area (Å²) in [5.41, 5.74) is 1.34. The van der Waals surface area contributed by atoms with Crippen LogP contribution in [0.1, 0.15) is 36.0 Å². The molecule has 0 unspecified atom stereocenters. The van der Waals surface area contributed by atoms with E-state index in [-0.39, 0.29) is 35.1 Å². The lowest BCUT2D eigenvalue weighted by Crippen LogP contribution is -2.36. The fourth-order valence-electron chi connectivity index (χ4n) is 2.93. The van der Waals surface area contributed by atoms with Crippen molar-refractivity contribution in [3.8, 4) is 0 Å². The van der Waals surface area contributed by atoms with Gasteiger partial charge in [0, 0.05) is 29.2 Å². The first-order valence-corrected chi connectivity index (χ1v) is 8.86. The highest BCUT2D eigenvalue weighted by Gasteiger charge is 2.19. The Hall–Kier alpha value is -1.72. The third kappa shape index (κ3) is 5.39. The molecule has 1 aliphatic rings. The summed E-state index contributed by atoms with van der Waals surface area (Å²) in [6, 6.07) is 13.1. The Morgan fingerprint density at radius 2 is 1.88 bits per heavy atom. The molecule has 3 nitrogen and oxygen atoms in total. The standard InChI is InChI=1S/C20H20ClFN2O.BrH/c21-16-5-4-6-18(13-16)24(20-7-2-1-3-12-23-20)14-19(25)15-8-10-17(22)11-9-15;/h4-6,8-11,13H,1-3,7,12,14H2;1H. The number of anilines is 1. The van der Waals surface area contributed by atoms with Crippen molar-refractivity contribution in [2.24, 2.45) is 4.99 Å². The lowest BCUT2D eigenvalue weighted by Gasteiger charge is -2.26. The van der Waals surface area contributed by atoms with Gasteiger partial charge in [0.15, 0.2) is 5.78 Å². The number of benzene rings is 2. The molecule has 0 amide bonds. The highest BCUT2D eigenvalue weighted by molar-refractivity contribution is 8.93. The summed E-state index contributed by atoms with van der Waals surface area (Å²) in [6.07, 6.45) is 4.10. The number of nitrogens with zero attached hydrogens (tertiary/aromatic N) is 2. The van der Waals surface area contributed by atoms with Crippen LogP contribution in [0.25, 0.3) is 0 Å². The van der Waals surface area contributed by atoms with Crippen LogP contribution < -0.4 is 4.90 Å². The van der Waals surface area contributed by atoms with Crippen LogP contribution in [-0.4, -0.2) is 24.7 Å². The zero-order valence-electron chi connectivity index (χ0n) is 14.3. The second kappa shape index (κ2) is 9.83. The van der Waals surface area contributed by atoms with Crippen LogP contribution in [0.2, 0.25) is 5.02 Å². The summed E-state index contributed by atoms with van der Waals surface area (Å²) in [6.45, 7) is 0.932. The van der Waals surface area contributed by atoms with Gasteiger partial charge in [0.2, 0.25) is 0 Å². The number of halogens is 3. The molecule has 3 rings (SSSR count). The van der Waals surface area contributed by atoms with E-state index in [4.69, 9.17) is 11.6 Å². The van der Waals surface area contributed by atoms with Crippen molar-refractivity contribution < 1.29 is 9.18 Å². The molecule has 26 heavy (non-hydrogen) atoms. The molecule has 0 atom stereocenters. The molecule has 1 aliphatic heterocycles. The minimum Gasteiger partial charge on any atom is -0.322 e. The van der Waals surface area contributed by atoms with Gasteiger partial charge in [-0.15, -0.1) is 17.0 Å². The van der Waals surface area contributed by atoms with Crippen LogP contribution in [0.5, 0.6) is 0 Å². The van der Waals surface area contributed by atoms with Gasteiger partial charge in [0.1, 0.15) is 11.7 Å². The average molecular weight is 440 g/mol. The summed E-state index contributed by atoms with van der Waals surface area (Å²) in [7, 11) is 0. The van der Waals surface area contributed by atoms with Crippen LogP contribution in [0.15, 0.2) is 53.5 Å². The summed E-state index contributed by atoms with van der Waals surface area (Å²) in [5.74, 6) is 0.485. The number of amidine groups is 1. The quantitative estimate of drug-likeness (QED) is 0.571. The van der Waals surface area contributed by atoms with Crippen LogP contribution in [-0.2, 0) is 0 Å². The lowest BCUT2D eigenvalue weighted by molar-refractivity contribution is 0.100. The third-order valence-corrected chi connectivity index (χ3v) is 4.49. The molecule has 2 aromatic rings. The average Bonchev–Trinajstić information content (AvgIpc) is 2.89. The third-order valence-electron chi connectivity index (χ3n) is 4.25. The van der Waals surface area contributed by atoms with Gasteiger partial charge in [0.25, 0.3) is 0 Å². The first-order valence-electron chi connectivity index (χ1n) is 8.49. The number of aliphatic imine (C=N–C) groups is 1. The Balaban J connectivity index is 0.00000243. The summed E-state index contributed by atoms with van der Waals surface area (Å²) in [4.78, 5) is 19.3. The molecule has 6 heteroatoms. The minimum absolute atomic E-state index is 0. The molecule has 0 radical (unpaired) electrons. The van der Waals surface area contributed by atoms with Gasteiger partial charge in [-0.1, -0.05) is 24.1 Å². The predicted molar refractivity (Wildman–Crippen MR) is 111 cm³/mol. The molecule has 2 aromatic carbocycles. The number of rotatable bonds is 4. The maximum atomic E-state index is 13.1. The molecule has 0 bridgehead atoms. The zero-order chi connectivity index (χ0) is 17.6. The van der Waals surface area contributed by atoms with Crippen molar-refractivity contribution in [2.45, 2.75) is 25.7 Å². The maximum absolute atomic E-state index is 13.1. The molecule has 0 N–H and O–H groups in total. The Kier molecular flexibility index (Phi) is 7.79. The normalized spacial score (nSPS) is 14.0. The number of ketones is 1. The van der Waals surface area contributed by atoms with Gasteiger partial charge < -0.3 is 4.90 Å². The molecular formula is C20H21BrClFN2O. The van der Waals surface area contributed by atoms with E-state index in [0.717, 1.165) is 43.8 Å². The lowest BCUT2D eigenvalue weighted by atomic mass is 10.1. The highest BCUT2D eigenvalue weighted by Crippen LogP contribution is 2.23. The van der Waals surface area contributed by atoms with E-state index < -0.39 is 0 Å². The van der Waals surface area contributed by atoms with Gasteiger partial charge in [0.05, 0.1) is 6.54 Å². The van der Waals surface area contributed by atoms with E-state index >= 15 is 0 Å². The zero-order valence-corrected chi connectivity index (χ0v) is 16.8. The van der Waals surface area contributed by atoms with Gasteiger partial charge in [-0.25, -0.2) is 4.39 Å². The Morgan fingerprint density at radius 1 is 1.12 bits per heavy atom. The van der Waals surface area contributed by atoms with Gasteiger partial charge in [-0.05, 0) is 55.3 Å². The van der Waals surface area contributed by atoms with Crippen LogP contribution in [0.3, 0.4) is 0 Å². The number of carbonyl (C=O) groups excluding carboxylic acids is 1. The first kappa shape index (κ1) is 20.6. The van der Waals surface area contributed by atoms with Gasteiger partial charge >= 0.3 is 0 Å². The predicted octanol–water partition coefficient (Wildman–Crippen LogP) is 5.72. The summed E-state index contributed by atoms with van der Waals surface area (Å²) >= 11 is 6.14. The maximum Gasteiger partial charge on any atom is 0.182 e. The monoisotopic (exact) mass is 438 g/mol. The summed E-state index contributed by atoms with van der Waals surface area (Å²) < 4.78 is 13.1. The second-order valence-electron chi connectivity index (χ2n) is 6.10. The molecule has 1 heterocycles. The van der Waals surface area contributed by atoms with E-state index in [9.17, 15) is 9.18 Å². The molecule has 0 fully saturated rings. The summed E-state index contributed by atoms with van der Waals surface area (Å²) in [5, 5.41) is 0.617. The second-order valence-corrected chi connectivity index (χ2v) is 6.54. The van der Waals surface area contributed by atoms with E-state index in [1.807, 2.05) is 23.1 Å². The van der Waals surface area contributed by atoms with Crippen molar-refractivity contribution in [2.75, 3.05) is 18.0 Å². The minimum atomic E-state index is -0.351. The first-order chi connectivity index (χ1) is 12.1. The topological polar surface area (TPSA) is 32.7 Å². The van der Waals surface area contributed by atoms with Crippen molar-refractivity contribution in [1.82, 2.24) is 0 Å². The van der Waals surface area contributed by atoms with E-state index in [1.54, 1.807) is 6.07 Å². The van der Waals surface area contributed by atoms with Crippen LogP contribution >= 0.6 is 28.6 Å². The molecule has 0 saturated carbocycles. The molecule has 138 valence electrons. The van der Waals surface area contributed by atoms with E-state index in [2.05, 4.69) is 4.99 Å². The number of carbonyl (C=O) groups is 1. The number of Topliss-reactive ketones (excluding diaryl/α,β-unsaturated/α-hetero) is 1. The molecule has 0 spiro atoms. The molecule has 0 saturated heterocycles. The number of hydrogen-bond acceptors (Lipinski definition) is 3. The Bertz CT molecular complexity index is 780. The SMILES string of the molecule is Br.O=C(CN(C1=NCCCCC1)c1cccc(Cl)c1)c1ccc(F)cc1. The van der Waals surface area contributed by atoms with Crippen LogP contribution in [0.4, 0.5) is 10.1 Å². The molecule has 0 aromatic heterocycles. The highest BCUT2D eigenvalue weighted by atomic mass is 79.9. The smallest absolute Gasteiger partial charge is 0.182 e. The van der Waals surface area contributed by atoms with E-state index in [1.165, 1.54) is 24.3 Å². The molecule has 0 aliphatic carbocycles. The van der Waals surface area contributed by atoms with E-state index in [0.29, 0.717) is 10.6 Å². The van der Waals surface area contributed by atoms with Crippen molar-refractivity contribution >= 4 is 45.9 Å². The van der Waals surface area contributed by atoms with Crippen molar-refractivity contribution in [3.05, 3.63) is 64.9 Å².